The molecule has 3 heteroatoms. The Kier molecular flexibility index (Phi) is 5.71. The van der Waals surface area contributed by atoms with Gasteiger partial charge < -0.3 is 10.5 Å². The van der Waals surface area contributed by atoms with Gasteiger partial charge in [-0.15, -0.1) is 0 Å². The first-order valence-electron chi connectivity index (χ1n) is 7.29. The van der Waals surface area contributed by atoms with Crippen LogP contribution in [0.2, 0.25) is 0 Å². The molecule has 0 radical (unpaired) electrons. The molecular weight excluding hydrogens is 278 g/mol. The molecule has 2 aromatic rings. The third kappa shape index (κ3) is 4.51. The minimum atomic E-state index is 0.251. The van der Waals surface area contributed by atoms with Crippen molar-refractivity contribution >= 4 is 11.8 Å². The average molecular weight is 301 g/mol. The van der Waals surface area contributed by atoms with Gasteiger partial charge in [-0.2, -0.15) is 0 Å². The van der Waals surface area contributed by atoms with E-state index in [-0.39, 0.29) is 6.04 Å². The van der Waals surface area contributed by atoms with E-state index in [0.29, 0.717) is 0 Å². The summed E-state index contributed by atoms with van der Waals surface area (Å²) in [7, 11) is 1.70. The van der Waals surface area contributed by atoms with Crippen molar-refractivity contribution in [1.82, 2.24) is 0 Å². The zero-order valence-corrected chi connectivity index (χ0v) is 13.7. The Morgan fingerprint density at radius 1 is 1.19 bits per heavy atom. The molecule has 0 fully saturated rings. The number of aryl methyl sites for hydroxylation is 1. The summed E-state index contributed by atoms with van der Waals surface area (Å²) in [6.07, 6.45) is 1.96. The summed E-state index contributed by atoms with van der Waals surface area (Å²) in [6, 6.07) is 15.0. The van der Waals surface area contributed by atoms with Gasteiger partial charge in [-0.05, 0) is 55.2 Å². The molecule has 0 aliphatic carbocycles. The van der Waals surface area contributed by atoms with Gasteiger partial charge in [0.2, 0.25) is 0 Å². The normalized spacial score (nSPS) is 12.2. The van der Waals surface area contributed by atoms with Crippen LogP contribution in [-0.4, -0.2) is 13.2 Å². The van der Waals surface area contributed by atoms with Gasteiger partial charge >= 0.3 is 0 Å². The van der Waals surface area contributed by atoms with Crippen LogP contribution in [0.4, 0.5) is 0 Å². The molecule has 0 aliphatic rings. The molecule has 0 saturated heterocycles. The number of hydrogen-bond donors (Lipinski definition) is 1. The molecule has 0 aliphatic heterocycles. The van der Waals surface area contributed by atoms with E-state index in [0.717, 1.165) is 18.6 Å². The lowest BCUT2D eigenvalue weighted by molar-refractivity contribution is 0.413. The predicted molar refractivity (Wildman–Crippen MR) is 90.3 cm³/mol. The maximum Gasteiger partial charge on any atom is 0.119 e. The highest BCUT2D eigenvalue weighted by molar-refractivity contribution is 7.99. The summed E-state index contributed by atoms with van der Waals surface area (Å²) >= 11 is 1.77. The van der Waals surface area contributed by atoms with Crippen LogP contribution < -0.4 is 10.5 Å². The lowest BCUT2D eigenvalue weighted by atomic mass is 10.0. The maximum atomic E-state index is 6.03. The molecule has 2 N–H and O–H groups in total. The zero-order valence-electron chi connectivity index (χ0n) is 12.9. The highest BCUT2D eigenvalue weighted by Crippen LogP contribution is 2.32. The summed E-state index contributed by atoms with van der Waals surface area (Å²) in [5.41, 5.74) is 8.64. The Bertz CT molecular complexity index is 598. The first-order chi connectivity index (χ1) is 10.1. The van der Waals surface area contributed by atoms with E-state index in [2.05, 4.69) is 44.2 Å². The fourth-order valence-electron chi connectivity index (χ4n) is 2.19. The molecule has 1 atom stereocenters. The largest absolute Gasteiger partial charge is 0.497 e. The second-order valence-corrected chi connectivity index (χ2v) is 6.37. The summed E-state index contributed by atoms with van der Waals surface area (Å²) < 4.78 is 5.27. The summed E-state index contributed by atoms with van der Waals surface area (Å²) in [5, 5.41) is 0. The highest BCUT2D eigenvalue weighted by Gasteiger charge is 2.06. The van der Waals surface area contributed by atoms with Gasteiger partial charge in [-0.1, -0.05) is 36.9 Å². The minimum absolute atomic E-state index is 0.251. The van der Waals surface area contributed by atoms with Gasteiger partial charge in [0.25, 0.3) is 0 Å². The quantitative estimate of drug-likeness (QED) is 0.857. The minimum Gasteiger partial charge on any atom is -0.497 e. The van der Waals surface area contributed by atoms with Crippen LogP contribution in [0.1, 0.15) is 24.5 Å². The van der Waals surface area contributed by atoms with E-state index in [4.69, 9.17) is 10.5 Å². The highest BCUT2D eigenvalue weighted by atomic mass is 32.2. The number of rotatable bonds is 6. The van der Waals surface area contributed by atoms with E-state index in [9.17, 15) is 0 Å². The van der Waals surface area contributed by atoms with Gasteiger partial charge in [0.1, 0.15) is 5.75 Å². The van der Waals surface area contributed by atoms with Crippen LogP contribution in [0, 0.1) is 6.92 Å². The van der Waals surface area contributed by atoms with Gasteiger partial charge in [0, 0.05) is 15.8 Å². The third-order valence-corrected chi connectivity index (χ3v) is 4.70. The molecule has 112 valence electrons. The Morgan fingerprint density at radius 2 is 2.00 bits per heavy atom. The van der Waals surface area contributed by atoms with Crippen molar-refractivity contribution in [3.05, 3.63) is 53.6 Å². The number of methoxy groups -OCH3 is 1. The molecular formula is C18H23NOS. The van der Waals surface area contributed by atoms with Crippen molar-refractivity contribution in [3.8, 4) is 5.75 Å². The number of hydrogen-bond acceptors (Lipinski definition) is 3. The Hall–Kier alpha value is -1.45. The molecule has 2 aromatic carbocycles. The average Bonchev–Trinajstić information content (AvgIpc) is 2.50. The molecule has 0 spiro atoms. The third-order valence-electron chi connectivity index (χ3n) is 3.53. The van der Waals surface area contributed by atoms with Crippen LogP contribution in [0.3, 0.4) is 0 Å². The monoisotopic (exact) mass is 301 g/mol. The van der Waals surface area contributed by atoms with Crippen molar-refractivity contribution in [1.29, 1.82) is 0 Å². The molecule has 21 heavy (non-hydrogen) atoms. The summed E-state index contributed by atoms with van der Waals surface area (Å²) in [4.78, 5) is 2.47. The van der Waals surface area contributed by atoms with Crippen molar-refractivity contribution in [2.45, 2.75) is 42.5 Å². The first-order valence-corrected chi connectivity index (χ1v) is 8.11. The molecule has 0 amide bonds. The van der Waals surface area contributed by atoms with Crippen LogP contribution in [0.5, 0.6) is 5.75 Å². The number of nitrogens with two attached hydrogens (primary N) is 1. The van der Waals surface area contributed by atoms with Crippen LogP contribution >= 0.6 is 11.8 Å². The second-order valence-electron chi connectivity index (χ2n) is 5.25. The lowest BCUT2D eigenvalue weighted by Gasteiger charge is -2.12. The zero-order chi connectivity index (χ0) is 15.2. The lowest BCUT2D eigenvalue weighted by Crippen LogP contribution is -2.21. The topological polar surface area (TPSA) is 35.2 Å². The Balaban J connectivity index is 2.13. The molecule has 2 nitrogen and oxygen atoms in total. The van der Waals surface area contributed by atoms with Gasteiger partial charge in [-0.25, -0.2) is 0 Å². The maximum absolute atomic E-state index is 6.03. The molecule has 1 unspecified atom stereocenters. The molecule has 0 aromatic heterocycles. The van der Waals surface area contributed by atoms with E-state index in [1.807, 2.05) is 12.1 Å². The second kappa shape index (κ2) is 7.53. The fourth-order valence-corrected chi connectivity index (χ4v) is 3.12. The SMILES string of the molecule is CCC(N)Cc1ccc(Sc2cccc(OC)c2)c(C)c1. The summed E-state index contributed by atoms with van der Waals surface area (Å²) in [5.74, 6) is 0.892. The Morgan fingerprint density at radius 3 is 2.67 bits per heavy atom. The standard InChI is InChI=1S/C18H23NOS/c1-4-15(19)11-14-8-9-18(13(2)10-14)21-17-7-5-6-16(12-17)20-3/h5-10,12,15H,4,11,19H2,1-3H3. The fraction of sp³-hybridized carbons (Fsp3) is 0.333. The van der Waals surface area contributed by atoms with E-state index in [1.165, 1.54) is 20.9 Å². The van der Waals surface area contributed by atoms with Crippen molar-refractivity contribution in [2.75, 3.05) is 7.11 Å². The van der Waals surface area contributed by atoms with Crippen LogP contribution in [0.15, 0.2) is 52.3 Å². The van der Waals surface area contributed by atoms with Crippen LogP contribution in [0.25, 0.3) is 0 Å². The number of ether oxygens (including phenoxy) is 1. The smallest absolute Gasteiger partial charge is 0.119 e. The number of benzene rings is 2. The van der Waals surface area contributed by atoms with Gasteiger partial charge in [0.15, 0.2) is 0 Å². The molecule has 0 heterocycles. The molecule has 0 saturated carbocycles. The van der Waals surface area contributed by atoms with Gasteiger partial charge in [-0.3, -0.25) is 0 Å². The first kappa shape index (κ1) is 15.9. The van der Waals surface area contributed by atoms with Crippen molar-refractivity contribution < 1.29 is 4.74 Å². The summed E-state index contributed by atoms with van der Waals surface area (Å²) in [6.45, 7) is 4.29. The van der Waals surface area contributed by atoms with Crippen LogP contribution in [-0.2, 0) is 6.42 Å². The predicted octanol–water partition coefficient (Wildman–Crippen LogP) is 4.43. The van der Waals surface area contributed by atoms with Gasteiger partial charge in [0.05, 0.1) is 7.11 Å². The molecule has 0 bridgehead atoms. The van der Waals surface area contributed by atoms with E-state index < -0.39 is 0 Å². The van der Waals surface area contributed by atoms with Crippen molar-refractivity contribution in [3.63, 3.8) is 0 Å². The van der Waals surface area contributed by atoms with Crippen molar-refractivity contribution in [2.24, 2.45) is 5.73 Å². The van der Waals surface area contributed by atoms with E-state index in [1.54, 1.807) is 18.9 Å². The Labute approximate surface area is 131 Å². The van der Waals surface area contributed by atoms with E-state index >= 15 is 0 Å². The molecule has 2 rings (SSSR count).